The maximum absolute atomic E-state index is 12.6. The topological polar surface area (TPSA) is 84.5 Å². The molecule has 0 aliphatic heterocycles. The molecule has 6 nitrogen and oxygen atoms in total. The number of thioether (sulfide) groups is 1. The van der Waals surface area contributed by atoms with Crippen LogP contribution in [0.5, 0.6) is 0 Å². The molecule has 1 aliphatic rings. The largest absolute Gasteiger partial charge is 0.455 e. The number of carbonyl (C=O) groups is 3. The predicted molar refractivity (Wildman–Crippen MR) is 118 cm³/mol. The predicted octanol–water partition coefficient (Wildman–Crippen LogP) is 3.94. The molecule has 0 saturated heterocycles. The first-order valence-corrected chi connectivity index (χ1v) is 11.1. The molecule has 158 valence electrons. The summed E-state index contributed by atoms with van der Waals surface area (Å²) in [5.41, 5.74) is 1.89. The zero-order valence-electron chi connectivity index (χ0n) is 17.0. The fraction of sp³-hybridized carbons (Fsp3) is 0.348. The van der Waals surface area contributed by atoms with Gasteiger partial charge in [-0.1, -0.05) is 43.2 Å². The molecule has 2 aromatic rings. The van der Waals surface area contributed by atoms with Crippen molar-refractivity contribution in [2.75, 3.05) is 17.7 Å². The second-order valence-electron chi connectivity index (χ2n) is 7.26. The Bertz CT molecular complexity index is 910. The number of para-hydroxylation sites is 1. The van der Waals surface area contributed by atoms with E-state index in [0.29, 0.717) is 11.3 Å². The smallest absolute Gasteiger partial charge is 0.316 e. The van der Waals surface area contributed by atoms with Gasteiger partial charge in [0, 0.05) is 10.9 Å². The summed E-state index contributed by atoms with van der Waals surface area (Å²) in [7, 11) is 0. The van der Waals surface area contributed by atoms with E-state index in [1.54, 1.807) is 24.3 Å². The van der Waals surface area contributed by atoms with Gasteiger partial charge in [-0.25, -0.2) is 0 Å². The number of anilines is 1. The van der Waals surface area contributed by atoms with Crippen LogP contribution in [0.3, 0.4) is 0 Å². The number of hydrogen-bond donors (Lipinski definition) is 2. The number of nitrogens with one attached hydrogen (secondary N) is 2. The Morgan fingerprint density at radius 3 is 2.50 bits per heavy atom. The maximum Gasteiger partial charge on any atom is 0.316 e. The fourth-order valence-corrected chi connectivity index (χ4v) is 4.18. The minimum Gasteiger partial charge on any atom is -0.455 e. The maximum atomic E-state index is 12.6. The molecule has 2 N–H and O–H groups in total. The van der Waals surface area contributed by atoms with Crippen LogP contribution in [-0.4, -0.2) is 36.2 Å². The van der Waals surface area contributed by atoms with Crippen molar-refractivity contribution in [3.63, 3.8) is 0 Å². The highest BCUT2D eigenvalue weighted by atomic mass is 32.2. The van der Waals surface area contributed by atoms with Crippen LogP contribution in [0.1, 0.15) is 41.6 Å². The molecule has 1 fully saturated rings. The van der Waals surface area contributed by atoms with E-state index in [9.17, 15) is 14.4 Å². The molecule has 0 spiro atoms. The highest BCUT2D eigenvalue weighted by Gasteiger charge is 2.20. The van der Waals surface area contributed by atoms with Gasteiger partial charge in [0.2, 0.25) is 0 Å². The summed E-state index contributed by atoms with van der Waals surface area (Å²) in [6.45, 7) is 1.58. The molecule has 1 aliphatic carbocycles. The average molecular weight is 427 g/mol. The molecule has 3 rings (SSSR count). The van der Waals surface area contributed by atoms with Crippen LogP contribution in [0.15, 0.2) is 53.4 Å². The van der Waals surface area contributed by atoms with E-state index in [1.807, 2.05) is 31.2 Å². The summed E-state index contributed by atoms with van der Waals surface area (Å²) in [5, 5.41) is 5.69. The standard InChI is InChI=1S/C23H26N2O4S/c1-16-8-2-7-13-20(16)30-15-22(27)29-14-21(26)25-19-12-6-5-11-18(19)23(28)24-17-9-3-4-10-17/h2,5-8,11-13,17H,3-4,9-10,14-15H2,1H3,(H,24,28)(H,25,26). The van der Waals surface area contributed by atoms with Gasteiger partial charge in [-0.3, -0.25) is 14.4 Å². The first-order chi connectivity index (χ1) is 14.5. The molecular weight excluding hydrogens is 400 g/mol. The van der Waals surface area contributed by atoms with Crippen LogP contribution in [-0.2, 0) is 14.3 Å². The highest BCUT2D eigenvalue weighted by Crippen LogP contribution is 2.22. The van der Waals surface area contributed by atoms with Crippen LogP contribution in [0.25, 0.3) is 0 Å². The summed E-state index contributed by atoms with van der Waals surface area (Å²) < 4.78 is 5.07. The Morgan fingerprint density at radius 1 is 1.03 bits per heavy atom. The van der Waals surface area contributed by atoms with Crippen molar-refractivity contribution in [2.45, 2.75) is 43.5 Å². The van der Waals surface area contributed by atoms with Crippen molar-refractivity contribution in [1.82, 2.24) is 5.32 Å². The molecule has 0 unspecified atom stereocenters. The normalized spacial score (nSPS) is 13.6. The second-order valence-corrected chi connectivity index (χ2v) is 8.28. The lowest BCUT2D eigenvalue weighted by molar-refractivity contribution is -0.144. The summed E-state index contributed by atoms with van der Waals surface area (Å²) in [6, 6.07) is 14.8. The Balaban J connectivity index is 1.48. The van der Waals surface area contributed by atoms with Crippen LogP contribution in [0.2, 0.25) is 0 Å². The molecule has 0 atom stereocenters. The molecule has 7 heteroatoms. The lowest BCUT2D eigenvalue weighted by Gasteiger charge is -2.15. The Labute approximate surface area is 180 Å². The van der Waals surface area contributed by atoms with E-state index in [4.69, 9.17) is 4.74 Å². The first-order valence-electron chi connectivity index (χ1n) is 10.1. The van der Waals surface area contributed by atoms with Crippen LogP contribution < -0.4 is 10.6 Å². The van der Waals surface area contributed by atoms with Crippen LogP contribution >= 0.6 is 11.8 Å². The molecule has 1 saturated carbocycles. The number of esters is 1. The van der Waals surface area contributed by atoms with Gasteiger partial charge in [0.05, 0.1) is 17.0 Å². The minimum absolute atomic E-state index is 0.124. The Hall–Kier alpha value is -2.80. The second kappa shape index (κ2) is 10.8. The number of hydrogen-bond acceptors (Lipinski definition) is 5. The van der Waals surface area contributed by atoms with Crippen molar-refractivity contribution >= 4 is 35.2 Å². The Kier molecular flexibility index (Phi) is 7.90. The quantitative estimate of drug-likeness (QED) is 0.493. The van der Waals surface area contributed by atoms with Gasteiger partial charge in [-0.05, 0) is 43.5 Å². The number of amides is 2. The van der Waals surface area contributed by atoms with Gasteiger partial charge >= 0.3 is 5.97 Å². The Morgan fingerprint density at radius 2 is 1.73 bits per heavy atom. The van der Waals surface area contributed by atoms with E-state index in [0.717, 1.165) is 36.1 Å². The van der Waals surface area contributed by atoms with Gasteiger partial charge in [0.25, 0.3) is 11.8 Å². The molecule has 0 bridgehead atoms. The number of aryl methyl sites for hydroxylation is 1. The lowest BCUT2D eigenvalue weighted by Crippen LogP contribution is -2.33. The van der Waals surface area contributed by atoms with Crippen LogP contribution in [0.4, 0.5) is 5.69 Å². The van der Waals surface area contributed by atoms with Gasteiger partial charge in [0.1, 0.15) is 0 Å². The van der Waals surface area contributed by atoms with Gasteiger partial charge in [-0.2, -0.15) is 0 Å². The monoisotopic (exact) mass is 426 g/mol. The summed E-state index contributed by atoms with van der Waals surface area (Å²) in [4.78, 5) is 37.8. The van der Waals surface area contributed by atoms with E-state index in [1.165, 1.54) is 11.8 Å². The van der Waals surface area contributed by atoms with Gasteiger partial charge < -0.3 is 15.4 Å². The molecule has 0 radical (unpaired) electrons. The number of carbonyl (C=O) groups excluding carboxylic acids is 3. The molecule has 0 heterocycles. The molecule has 2 aromatic carbocycles. The molecule has 2 amide bonds. The van der Waals surface area contributed by atoms with Crippen molar-refractivity contribution in [1.29, 1.82) is 0 Å². The van der Waals surface area contributed by atoms with Gasteiger partial charge in [0.15, 0.2) is 6.61 Å². The average Bonchev–Trinajstić information content (AvgIpc) is 3.25. The lowest BCUT2D eigenvalue weighted by atomic mass is 10.1. The van der Waals surface area contributed by atoms with Crippen molar-refractivity contribution in [3.05, 3.63) is 59.7 Å². The summed E-state index contributed by atoms with van der Waals surface area (Å²) >= 11 is 1.37. The molecule has 30 heavy (non-hydrogen) atoms. The van der Waals surface area contributed by atoms with E-state index < -0.39 is 18.5 Å². The number of rotatable bonds is 8. The van der Waals surface area contributed by atoms with Gasteiger partial charge in [-0.15, -0.1) is 11.8 Å². The third-order valence-corrected chi connectivity index (χ3v) is 6.09. The third-order valence-electron chi connectivity index (χ3n) is 4.94. The van der Waals surface area contributed by atoms with E-state index in [-0.39, 0.29) is 17.7 Å². The minimum atomic E-state index is -0.481. The number of ether oxygens (including phenoxy) is 1. The zero-order chi connectivity index (χ0) is 21.3. The molecular formula is C23H26N2O4S. The molecule has 0 aromatic heterocycles. The van der Waals surface area contributed by atoms with Crippen molar-refractivity contribution < 1.29 is 19.1 Å². The first kappa shape index (κ1) is 21.9. The zero-order valence-corrected chi connectivity index (χ0v) is 17.8. The van der Waals surface area contributed by atoms with E-state index >= 15 is 0 Å². The van der Waals surface area contributed by atoms with Crippen LogP contribution in [0, 0.1) is 6.92 Å². The SMILES string of the molecule is Cc1ccccc1SCC(=O)OCC(=O)Nc1ccccc1C(=O)NC1CCCC1. The van der Waals surface area contributed by atoms with Crippen molar-refractivity contribution in [2.24, 2.45) is 0 Å². The summed E-state index contributed by atoms with van der Waals surface area (Å²) in [5.74, 6) is -1.03. The van der Waals surface area contributed by atoms with E-state index in [2.05, 4.69) is 10.6 Å². The summed E-state index contributed by atoms with van der Waals surface area (Å²) in [6.07, 6.45) is 4.21. The van der Waals surface area contributed by atoms with Crippen molar-refractivity contribution in [3.8, 4) is 0 Å². The fourth-order valence-electron chi connectivity index (χ4n) is 3.35. The number of benzene rings is 2. The highest BCUT2D eigenvalue weighted by molar-refractivity contribution is 8.00. The third kappa shape index (κ3) is 6.35.